The van der Waals surface area contributed by atoms with Gasteiger partial charge in [0.2, 0.25) is 0 Å². The molecule has 0 aromatic heterocycles. The first-order valence-corrected chi connectivity index (χ1v) is 14.1. The Kier molecular flexibility index (Phi) is 5.91. The Morgan fingerprint density at radius 2 is 1.32 bits per heavy atom. The summed E-state index contributed by atoms with van der Waals surface area (Å²) in [4.78, 5) is 0. The maximum atomic E-state index is 13.9. The normalized spacial score (nSPS) is 22.2. The van der Waals surface area contributed by atoms with Crippen molar-refractivity contribution in [3.05, 3.63) is 91.0 Å². The molecule has 0 N–H and O–H groups in total. The fraction of sp³-hybridized carbons (Fsp3) is 0.250. The highest BCUT2D eigenvalue weighted by Crippen LogP contribution is 2.61. The van der Waals surface area contributed by atoms with Crippen molar-refractivity contribution in [3.8, 4) is 0 Å². The van der Waals surface area contributed by atoms with Gasteiger partial charge in [0.05, 0.1) is 16.8 Å². The Labute approximate surface area is 170 Å². The first kappa shape index (κ1) is 19.7. The summed E-state index contributed by atoms with van der Waals surface area (Å²) in [7, 11) is 2.83. The van der Waals surface area contributed by atoms with E-state index in [2.05, 4.69) is 60.7 Å². The number of hydrogen-bond acceptors (Lipinski definition) is 1. The van der Waals surface area contributed by atoms with Gasteiger partial charge in [0, 0.05) is 24.3 Å². The van der Waals surface area contributed by atoms with E-state index in [4.69, 9.17) is 7.57 Å². The molecule has 4 rings (SSSR count). The zero-order valence-corrected chi connectivity index (χ0v) is 17.9. The van der Waals surface area contributed by atoms with Crippen LogP contribution in [0.5, 0.6) is 0 Å². The van der Waals surface area contributed by atoms with E-state index < -0.39 is 14.3 Å². The summed E-state index contributed by atoms with van der Waals surface area (Å²) in [5.74, 6) is 0. The summed E-state index contributed by atoms with van der Waals surface area (Å²) < 4.78 is 13.9. The Bertz CT molecular complexity index is 905. The molecule has 0 saturated carbocycles. The summed E-state index contributed by atoms with van der Waals surface area (Å²) in [6, 6.07) is 31.1. The van der Waals surface area contributed by atoms with Crippen LogP contribution in [0.25, 0.3) is 0 Å². The van der Waals surface area contributed by atoms with E-state index in [0.29, 0.717) is 0 Å². The van der Waals surface area contributed by atoms with E-state index >= 15 is 0 Å². The lowest BCUT2D eigenvalue weighted by Crippen LogP contribution is -2.27. The highest BCUT2D eigenvalue weighted by molar-refractivity contribution is 8.08. The molecule has 2 radical (unpaired) electrons. The Morgan fingerprint density at radius 1 is 0.821 bits per heavy atom. The third kappa shape index (κ3) is 3.78. The molecule has 0 spiro atoms. The van der Waals surface area contributed by atoms with Crippen molar-refractivity contribution in [1.29, 1.82) is 0 Å². The van der Waals surface area contributed by atoms with Crippen molar-refractivity contribution >= 4 is 37.8 Å². The molecule has 1 nitrogen and oxygen atoms in total. The predicted octanol–water partition coefficient (Wildman–Crippen LogP) is 4.98. The van der Waals surface area contributed by atoms with Crippen molar-refractivity contribution in [2.24, 2.45) is 0 Å². The van der Waals surface area contributed by atoms with Gasteiger partial charge in [-0.15, -0.1) is 0 Å². The maximum absolute atomic E-state index is 13.9. The van der Waals surface area contributed by atoms with Crippen LogP contribution >= 0.6 is 14.3 Å². The van der Waals surface area contributed by atoms with Crippen LogP contribution in [0.15, 0.2) is 91.0 Å². The highest BCUT2D eigenvalue weighted by Gasteiger charge is 2.43. The van der Waals surface area contributed by atoms with Crippen molar-refractivity contribution in [2.45, 2.75) is 24.9 Å². The van der Waals surface area contributed by atoms with E-state index in [0.717, 1.165) is 36.9 Å². The average molecular weight is 403 g/mol. The molecular formula is C24H26BOP2+. The highest BCUT2D eigenvalue weighted by atomic mass is 31.2. The van der Waals surface area contributed by atoms with Gasteiger partial charge in [-0.25, -0.2) is 0 Å². The van der Waals surface area contributed by atoms with Gasteiger partial charge >= 0.3 is 7.57 Å². The van der Waals surface area contributed by atoms with Crippen molar-refractivity contribution in [3.63, 3.8) is 0 Å². The van der Waals surface area contributed by atoms with Crippen LogP contribution < -0.4 is 15.9 Å². The van der Waals surface area contributed by atoms with E-state index in [9.17, 15) is 4.57 Å². The second kappa shape index (κ2) is 8.40. The molecule has 1 heterocycles. The van der Waals surface area contributed by atoms with Gasteiger partial charge in [0.15, 0.2) is 0 Å². The fourth-order valence-corrected chi connectivity index (χ4v) is 11.1. The molecule has 3 aromatic carbocycles. The summed E-state index contributed by atoms with van der Waals surface area (Å²) in [5, 5.41) is 3.51. The number of benzene rings is 3. The first-order chi connectivity index (χ1) is 13.6. The minimum absolute atomic E-state index is 0.255. The SMILES string of the molecule is [B][P+](CC[C@H]1CCC[P@]1(=O)c1ccccc1)(c1ccccc1)c1ccccc1. The first-order valence-electron chi connectivity index (χ1n) is 10.1. The van der Waals surface area contributed by atoms with Gasteiger partial charge in [0.1, 0.15) is 7.14 Å². The molecule has 1 aliphatic heterocycles. The lowest BCUT2D eigenvalue weighted by atomic mass is 10.2. The van der Waals surface area contributed by atoms with E-state index in [1.54, 1.807) is 0 Å². The lowest BCUT2D eigenvalue weighted by molar-refractivity contribution is 0.575. The van der Waals surface area contributed by atoms with Crippen molar-refractivity contribution in [1.82, 2.24) is 0 Å². The van der Waals surface area contributed by atoms with Gasteiger partial charge in [-0.3, -0.25) is 0 Å². The zero-order chi connectivity index (χ0) is 19.5. The van der Waals surface area contributed by atoms with Gasteiger partial charge in [-0.05, 0) is 43.5 Å². The number of hydrogen-bond donors (Lipinski definition) is 0. The van der Waals surface area contributed by atoms with Crippen LogP contribution in [0.3, 0.4) is 0 Å². The molecular weight excluding hydrogens is 377 g/mol. The molecule has 4 heteroatoms. The second-order valence-corrected chi connectivity index (χ2v) is 14.2. The molecule has 3 aromatic rings. The molecule has 140 valence electrons. The summed E-state index contributed by atoms with van der Waals surface area (Å²) in [6.45, 7) is 0. The Morgan fingerprint density at radius 3 is 1.86 bits per heavy atom. The molecule has 0 unspecified atom stereocenters. The molecule has 1 fully saturated rings. The van der Waals surface area contributed by atoms with Crippen LogP contribution in [0, 0.1) is 0 Å². The van der Waals surface area contributed by atoms with Crippen LogP contribution in [0.4, 0.5) is 0 Å². The molecule has 28 heavy (non-hydrogen) atoms. The topological polar surface area (TPSA) is 17.1 Å². The molecule has 0 aliphatic carbocycles. The molecule has 1 aliphatic rings. The van der Waals surface area contributed by atoms with Crippen LogP contribution in [0.2, 0.25) is 0 Å². The summed E-state index contributed by atoms with van der Waals surface area (Å²) in [6.07, 6.45) is 4.79. The van der Waals surface area contributed by atoms with Gasteiger partial charge in [-0.2, -0.15) is 0 Å². The molecule has 1 saturated heterocycles. The fourth-order valence-electron chi connectivity index (χ4n) is 4.47. The molecule has 0 amide bonds. The summed E-state index contributed by atoms with van der Waals surface area (Å²) >= 11 is 0. The van der Waals surface area contributed by atoms with Gasteiger partial charge in [-0.1, -0.05) is 66.7 Å². The van der Waals surface area contributed by atoms with Crippen LogP contribution in [-0.4, -0.2) is 25.5 Å². The minimum Gasteiger partial charge on any atom is -0.318 e. The van der Waals surface area contributed by atoms with Crippen LogP contribution in [0.1, 0.15) is 19.3 Å². The number of rotatable bonds is 6. The second-order valence-electron chi connectivity index (χ2n) is 7.70. The van der Waals surface area contributed by atoms with E-state index in [1.807, 2.05) is 30.3 Å². The third-order valence-corrected chi connectivity index (χ3v) is 13.3. The minimum atomic E-state index is -2.34. The standard InChI is InChI=1S/C24H26BOP2/c25-27(21-11-4-1-5-12-21,22-13-6-2-7-14-22)20-18-24-17-10-19-28(24,26)23-15-8-3-9-16-23/h1-9,11-16,24H,10,17-20H2/q+1/t24-,28+/m1/s1. The van der Waals surface area contributed by atoms with Crippen LogP contribution in [-0.2, 0) is 4.57 Å². The molecule has 2 atom stereocenters. The van der Waals surface area contributed by atoms with Crippen molar-refractivity contribution in [2.75, 3.05) is 12.3 Å². The monoisotopic (exact) mass is 403 g/mol. The molecule has 0 bridgehead atoms. The average Bonchev–Trinajstić information content (AvgIpc) is 3.15. The largest absolute Gasteiger partial charge is 0.377 e. The van der Waals surface area contributed by atoms with E-state index in [-0.39, 0.29) is 5.66 Å². The smallest absolute Gasteiger partial charge is 0.318 e. The van der Waals surface area contributed by atoms with Gasteiger partial charge < -0.3 is 4.57 Å². The Hall–Kier alpha value is -1.62. The maximum Gasteiger partial charge on any atom is 0.377 e. The predicted molar refractivity (Wildman–Crippen MR) is 126 cm³/mol. The van der Waals surface area contributed by atoms with E-state index in [1.165, 1.54) is 10.6 Å². The third-order valence-electron chi connectivity index (χ3n) is 6.06. The Balaban J connectivity index is 1.63. The lowest BCUT2D eigenvalue weighted by Gasteiger charge is -2.27. The van der Waals surface area contributed by atoms with Crippen molar-refractivity contribution < 1.29 is 4.57 Å². The zero-order valence-electron chi connectivity index (χ0n) is 16.2. The summed E-state index contributed by atoms with van der Waals surface area (Å²) in [5.41, 5.74) is 0.255. The van der Waals surface area contributed by atoms with Gasteiger partial charge in [0.25, 0.3) is 0 Å². The quantitative estimate of drug-likeness (QED) is 0.419.